The summed E-state index contributed by atoms with van der Waals surface area (Å²) in [4.78, 5) is 71.0. The Bertz CT molecular complexity index is 2760. The van der Waals surface area contributed by atoms with Crippen LogP contribution in [0.2, 0.25) is 0 Å². The van der Waals surface area contributed by atoms with Crippen LogP contribution < -0.4 is 31.9 Å². The molecule has 1 unspecified atom stereocenters. The summed E-state index contributed by atoms with van der Waals surface area (Å²) in [6, 6.07) is 43.9. The Morgan fingerprint density at radius 1 is 0.382 bits per heavy atom. The molecular weight excluding hydrogens is 981 g/mol. The number of hydrogen-bond acceptors (Lipinski definition) is 14. The number of amides is 6. The van der Waals surface area contributed by atoms with Crippen LogP contribution in [0.1, 0.15) is 47.2 Å². The number of rotatable bonds is 21. The Labute approximate surface area is 440 Å². The zero-order valence-electron chi connectivity index (χ0n) is 42.3. The lowest BCUT2D eigenvalue weighted by atomic mass is 10.0. The molecule has 20 heteroatoms. The Morgan fingerprint density at radius 2 is 0.645 bits per heavy atom. The molecule has 0 fully saturated rings. The fraction of sp³-hybridized carbons (Fsp3) is 0.250. The van der Waals surface area contributed by atoms with Gasteiger partial charge in [0.15, 0.2) is 0 Å². The Kier molecular flexibility index (Phi) is 23.9. The highest BCUT2D eigenvalue weighted by molar-refractivity contribution is 5.87. The van der Waals surface area contributed by atoms with Gasteiger partial charge in [-0.2, -0.15) is 0 Å². The van der Waals surface area contributed by atoms with E-state index in [2.05, 4.69) is 38.8 Å². The summed E-state index contributed by atoms with van der Waals surface area (Å²) in [7, 11) is 0. The molecule has 20 nitrogen and oxygen atoms in total. The number of anilines is 6. The summed E-state index contributed by atoms with van der Waals surface area (Å²) in [5.74, 6) is 0. The molecule has 0 aliphatic carbocycles. The van der Waals surface area contributed by atoms with E-state index in [1.54, 1.807) is 79.7 Å². The van der Waals surface area contributed by atoms with Gasteiger partial charge in [0.25, 0.3) is 0 Å². The Hall–Kier alpha value is -9.14. The summed E-state index contributed by atoms with van der Waals surface area (Å²) < 4.78 is 30.0. The molecule has 8 N–H and O–H groups in total. The van der Waals surface area contributed by atoms with Crippen molar-refractivity contribution in [2.45, 2.75) is 46.1 Å². The SMILES string of the molecule is CCc1ccc(NC(=O)OC(C)COC(=O)Nc2ccc(Cc3ccc(NC(=O)OCCO)cc3)cc2)cc1.Cc1ccc(NC(=O)OCCOC(=O)Nc2ccc(Cc3ccc(NC(=O)OCCO)cc3)cc2)cc1. The lowest BCUT2D eigenvalue weighted by molar-refractivity contribution is 0.0651. The van der Waals surface area contributed by atoms with Gasteiger partial charge in [-0.3, -0.25) is 31.9 Å². The molecule has 0 aliphatic rings. The van der Waals surface area contributed by atoms with Crippen molar-refractivity contribution in [2.24, 2.45) is 0 Å². The van der Waals surface area contributed by atoms with Crippen molar-refractivity contribution in [3.63, 3.8) is 0 Å². The van der Waals surface area contributed by atoms with Gasteiger partial charge in [-0.25, -0.2) is 28.8 Å². The quantitative estimate of drug-likeness (QED) is 0.0246. The van der Waals surface area contributed by atoms with Gasteiger partial charge in [-0.15, -0.1) is 0 Å². The van der Waals surface area contributed by atoms with Gasteiger partial charge in [-0.1, -0.05) is 85.3 Å². The second-order valence-corrected chi connectivity index (χ2v) is 16.6. The smallest absolute Gasteiger partial charge is 0.412 e. The molecule has 0 radical (unpaired) electrons. The molecule has 0 spiro atoms. The van der Waals surface area contributed by atoms with Crippen molar-refractivity contribution in [3.05, 3.63) is 179 Å². The third-order valence-corrected chi connectivity index (χ3v) is 10.5. The van der Waals surface area contributed by atoms with Crippen LogP contribution in [-0.4, -0.2) is 99.1 Å². The fourth-order valence-electron chi connectivity index (χ4n) is 6.63. The number of ether oxygens (including phenoxy) is 6. The van der Waals surface area contributed by atoms with Gasteiger partial charge in [-0.05, 0) is 134 Å². The average molecular weight is 1040 g/mol. The molecule has 0 bridgehead atoms. The predicted molar refractivity (Wildman–Crippen MR) is 287 cm³/mol. The highest BCUT2D eigenvalue weighted by atomic mass is 16.6. The average Bonchev–Trinajstić information content (AvgIpc) is 3.41. The molecule has 1 atom stereocenters. The van der Waals surface area contributed by atoms with Crippen molar-refractivity contribution in [1.29, 1.82) is 0 Å². The monoisotopic (exact) mass is 1040 g/mol. The molecule has 0 aromatic heterocycles. The number of aliphatic hydroxyl groups excluding tert-OH is 2. The summed E-state index contributed by atoms with van der Waals surface area (Å²) in [6.45, 7) is 4.78. The first-order valence-corrected chi connectivity index (χ1v) is 24.1. The molecular formula is C56H62N6O14. The van der Waals surface area contributed by atoms with Crippen LogP contribution in [0, 0.1) is 6.92 Å². The van der Waals surface area contributed by atoms with Crippen LogP contribution >= 0.6 is 0 Å². The molecule has 6 rings (SSSR count). The first-order chi connectivity index (χ1) is 36.7. The fourth-order valence-corrected chi connectivity index (χ4v) is 6.63. The normalized spacial score (nSPS) is 10.7. The number of carbonyl (C=O) groups is 6. The second kappa shape index (κ2) is 31.4. The van der Waals surface area contributed by atoms with Gasteiger partial charge in [0.1, 0.15) is 39.1 Å². The minimum absolute atomic E-state index is 0.0609. The van der Waals surface area contributed by atoms with Crippen molar-refractivity contribution in [2.75, 3.05) is 78.1 Å². The first kappa shape index (κ1) is 57.8. The standard InChI is InChI=1S/C29H33N3O7.C27H29N3O7/c1-3-21-4-10-26(11-5-21)32-29(36)39-20(2)19-38-28(35)31-25-14-8-23(9-15-25)18-22-6-12-24(13-7-22)30-27(34)37-17-16-33;1-19-2-8-22(9-3-19)28-26(33)36-16-17-37-27(34)30-24-12-6-21(7-13-24)18-20-4-10-23(11-5-20)29-25(32)35-15-14-31/h4-15,20,33H,3,16-19H2,1-2H3,(H,30,34)(H,31,35)(H,32,36);2-13,31H,14-18H2,1H3,(H,28,33)(H,29,32)(H,30,34). The molecule has 6 aromatic rings. The molecule has 76 heavy (non-hydrogen) atoms. The van der Waals surface area contributed by atoms with Crippen molar-refractivity contribution < 1.29 is 67.4 Å². The van der Waals surface area contributed by atoms with Crippen LogP contribution in [-0.2, 0) is 47.7 Å². The number of carbonyl (C=O) groups excluding carboxylic acids is 6. The Balaban J connectivity index is 0.000000281. The van der Waals surface area contributed by atoms with E-state index < -0.39 is 42.7 Å². The maximum Gasteiger partial charge on any atom is 0.412 e. The van der Waals surface area contributed by atoms with Crippen LogP contribution in [0.25, 0.3) is 0 Å². The van der Waals surface area contributed by atoms with Crippen LogP contribution in [0.3, 0.4) is 0 Å². The van der Waals surface area contributed by atoms with E-state index in [1.165, 1.54) is 0 Å². The summed E-state index contributed by atoms with van der Waals surface area (Å²) >= 11 is 0. The molecule has 400 valence electrons. The zero-order chi connectivity index (χ0) is 54.5. The third kappa shape index (κ3) is 22.3. The van der Waals surface area contributed by atoms with Gasteiger partial charge < -0.3 is 38.6 Å². The van der Waals surface area contributed by atoms with Crippen LogP contribution in [0.4, 0.5) is 62.9 Å². The maximum atomic E-state index is 12.2. The zero-order valence-corrected chi connectivity index (χ0v) is 42.3. The van der Waals surface area contributed by atoms with E-state index in [0.717, 1.165) is 39.8 Å². The van der Waals surface area contributed by atoms with Gasteiger partial charge in [0.05, 0.1) is 13.2 Å². The second-order valence-electron chi connectivity index (χ2n) is 16.6. The topological polar surface area (TPSA) is 270 Å². The summed E-state index contributed by atoms with van der Waals surface area (Å²) in [5.41, 5.74) is 9.88. The molecule has 6 aromatic carbocycles. The van der Waals surface area contributed by atoms with Crippen LogP contribution in [0.5, 0.6) is 0 Å². The van der Waals surface area contributed by atoms with Crippen molar-refractivity contribution >= 4 is 70.7 Å². The van der Waals surface area contributed by atoms with Crippen molar-refractivity contribution in [3.8, 4) is 0 Å². The van der Waals surface area contributed by atoms with E-state index >= 15 is 0 Å². The minimum Gasteiger partial charge on any atom is -0.447 e. The van der Waals surface area contributed by atoms with E-state index in [1.807, 2.05) is 79.7 Å². The first-order valence-electron chi connectivity index (χ1n) is 24.1. The number of nitrogens with one attached hydrogen (secondary N) is 6. The number of aryl methyl sites for hydroxylation is 2. The van der Waals surface area contributed by atoms with Gasteiger partial charge in [0, 0.05) is 34.1 Å². The van der Waals surface area contributed by atoms with Gasteiger partial charge in [0.2, 0.25) is 0 Å². The largest absolute Gasteiger partial charge is 0.447 e. The minimum atomic E-state index is -0.658. The highest BCUT2D eigenvalue weighted by Gasteiger charge is 2.14. The lowest BCUT2D eigenvalue weighted by Gasteiger charge is -2.15. The molecule has 0 saturated carbocycles. The summed E-state index contributed by atoms with van der Waals surface area (Å²) in [6.07, 6.45) is -2.24. The van der Waals surface area contributed by atoms with Crippen LogP contribution in [0.15, 0.2) is 146 Å². The molecule has 0 heterocycles. The maximum absolute atomic E-state index is 12.2. The highest BCUT2D eigenvalue weighted by Crippen LogP contribution is 2.19. The van der Waals surface area contributed by atoms with E-state index in [9.17, 15) is 28.8 Å². The van der Waals surface area contributed by atoms with Crippen molar-refractivity contribution in [1.82, 2.24) is 0 Å². The lowest BCUT2D eigenvalue weighted by Crippen LogP contribution is -2.26. The van der Waals surface area contributed by atoms with E-state index in [-0.39, 0.29) is 46.2 Å². The molecule has 0 aliphatic heterocycles. The van der Waals surface area contributed by atoms with E-state index in [0.29, 0.717) is 47.0 Å². The number of benzene rings is 6. The van der Waals surface area contributed by atoms with Gasteiger partial charge >= 0.3 is 36.6 Å². The Morgan fingerprint density at radius 3 is 0.947 bits per heavy atom. The predicted octanol–water partition coefficient (Wildman–Crippen LogP) is 10.5. The third-order valence-electron chi connectivity index (χ3n) is 10.5. The number of hydrogen-bond donors (Lipinski definition) is 8. The number of aliphatic hydroxyl groups is 2. The molecule has 0 saturated heterocycles. The summed E-state index contributed by atoms with van der Waals surface area (Å²) in [5, 5.41) is 33.0. The molecule has 6 amide bonds. The van der Waals surface area contributed by atoms with E-state index in [4.69, 9.17) is 38.6 Å².